The van der Waals surface area contributed by atoms with E-state index in [-0.39, 0.29) is 23.6 Å². The van der Waals surface area contributed by atoms with Crippen molar-refractivity contribution in [2.45, 2.75) is 38.8 Å². The van der Waals surface area contributed by atoms with Gasteiger partial charge in [0.05, 0.1) is 24.1 Å². The van der Waals surface area contributed by atoms with Gasteiger partial charge in [-0.1, -0.05) is 12.1 Å². The maximum Gasteiger partial charge on any atom is 0.335 e. The second-order valence-corrected chi connectivity index (χ2v) is 6.78. The second kappa shape index (κ2) is 7.50. The standard InChI is InChI=1S/C21H21N3O3/c1-13-11-19(23-17-6-3-15(4-7-17)9-10-22)18-12-16(21(26)27)5-8-20(18)24(13)14(2)25/h3-8,12-13,19,23H,9,11H2,1-2H3,(H,26,27). The fourth-order valence-corrected chi connectivity index (χ4v) is 3.62. The Bertz CT molecular complexity index is 915. The summed E-state index contributed by atoms with van der Waals surface area (Å²) in [6.07, 6.45) is 1.02. The van der Waals surface area contributed by atoms with Crippen LogP contribution >= 0.6 is 0 Å². The van der Waals surface area contributed by atoms with E-state index in [1.807, 2.05) is 31.2 Å². The van der Waals surface area contributed by atoms with E-state index in [9.17, 15) is 14.7 Å². The Balaban J connectivity index is 1.97. The summed E-state index contributed by atoms with van der Waals surface area (Å²) in [4.78, 5) is 25.2. The Morgan fingerprint density at radius 2 is 1.96 bits per heavy atom. The molecule has 0 bridgehead atoms. The Morgan fingerprint density at radius 1 is 1.26 bits per heavy atom. The van der Waals surface area contributed by atoms with Crippen LogP contribution in [-0.2, 0) is 11.2 Å². The molecule has 2 aromatic carbocycles. The number of aromatic carboxylic acids is 1. The molecular weight excluding hydrogens is 342 g/mol. The topological polar surface area (TPSA) is 93.4 Å². The molecule has 138 valence electrons. The molecule has 1 aliphatic rings. The lowest BCUT2D eigenvalue weighted by molar-refractivity contribution is -0.117. The van der Waals surface area contributed by atoms with E-state index in [4.69, 9.17) is 5.26 Å². The van der Waals surface area contributed by atoms with E-state index < -0.39 is 5.97 Å². The molecule has 1 aliphatic heterocycles. The average Bonchev–Trinajstić information content (AvgIpc) is 2.62. The van der Waals surface area contributed by atoms with Gasteiger partial charge in [-0.2, -0.15) is 5.26 Å². The van der Waals surface area contributed by atoms with Gasteiger partial charge in [-0.05, 0) is 54.8 Å². The fourth-order valence-electron chi connectivity index (χ4n) is 3.62. The molecule has 2 atom stereocenters. The third-order valence-electron chi connectivity index (χ3n) is 4.84. The highest BCUT2D eigenvalue weighted by molar-refractivity contribution is 5.95. The third kappa shape index (κ3) is 3.77. The maximum absolute atomic E-state index is 12.1. The lowest BCUT2D eigenvalue weighted by atomic mass is 9.90. The lowest BCUT2D eigenvalue weighted by Gasteiger charge is -2.39. The number of hydrogen-bond donors (Lipinski definition) is 2. The zero-order valence-corrected chi connectivity index (χ0v) is 15.3. The zero-order valence-electron chi connectivity index (χ0n) is 15.3. The van der Waals surface area contributed by atoms with E-state index in [1.54, 1.807) is 17.0 Å². The van der Waals surface area contributed by atoms with Crippen molar-refractivity contribution in [2.75, 3.05) is 10.2 Å². The van der Waals surface area contributed by atoms with E-state index in [0.29, 0.717) is 12.8 Å². The minimum atomic E-state index is -0.995. The third-order valence-corrected chi connectivity index (χ3v) is 4.84. The first-order valence-corrected chi connectivity index (χ1v) is 8.80. The van der Waals surface area contributed by atoms with Crippen LogP contribution in [0.15, 0.2) is 42.5 Å². The molecule has 0 spiro atoms. The predicted octanol–water partition coefficient (Wildman–Crippen LogP) is 3.75. The van der Waals surface area contributed by atoms with Crippen LogP contribution in [0.4, 0.5) is 11.4 Å². The highest BCUT2D eigenvalue weighted by atomic mass is 16.4. The summed E-state index contributed by atoms with van der Waals surface area (Å²) in [5.41, 5.74) is 3.56. The largest absolute Gasteiger partial charge is 0.478 e. The van der Waals surface area contributed by atoms with Gasteiger partial charge in [0.25, 0.3) is 0 Å². The summed E-state index contributed by atoms with van der Waals surface area (Å²) in [7, 11) is 0. The Morgan fingerprint density at radius 3 is 2.56 bits per heavy atom. The van der Waals surface area contributed by atoms with Crippen LogP contribution in [0.25, 0.3) is 0 Å². The molecule has 2 unspecified atom stereocenters. The molecule has 0 saturated heterocycles. The highest BCUT2D eigenvalue weighted by Gasteiger charge is 2.33. The summed E-state index contributed by atoms with van der Waals surface area (Å²) in [5.74, 6) is -1.06. The monoisotopic (exact) mass is 363 g/mol. The fraction of sp³-hybridized carbons (Fsp3) is 0.286. The van der Waals surface area contributed by atoms with Crippen LogP contribution in [0.2, 0.25) is 0 Å². The number of carboxylic acids is 1. The van der Waals surface area contributed by atoms with Gasteiger partial charge < -0.3 is 15.3 Å². The number of rotatable bonds is 4. The van der Waals surface area contributed by atoms with Crippen molar-refractivity contribution in [1.29, 1.82) is 5.26 Å². The van der Waals surface area contributed by atoms with Gasteiger partial charge in [0, 0.05) is 24.3 Å². The summed E-state index contributed by atoms with van der Waals surface area (Å²) < 4.78 is 0. The first-order chi connectivity index (χ1) is 12.9. The maximum atomic E-state index is 12.1. The molecule has 0 radical (unpaired) electrons. The average molecular weight is 363 g/mol. The number of anilines is 2. The van der Waals surface area contributed by atoms with Gasteiger partial charge in [-0.15, -0.1) is 0 Å². The van der Waals surface area contributed by atoms with Crippen LogP contribution < -0.4 is 10.2 Å². The predicted molar refractivity (Wildman–Crippen MR) is 103 cm³/mol. The van der Waals surface area contributed by atoms with Crippen molar-refractivity contribution >= 4 is 23.3 Å². The van der Waals surface area contributed by atoms with Crippen LogP contribution in [0, 0.1) is 11.3 Å². The van der Waals surface area contributed by atoms with Gasteiger partial charge in [0.15, 0.2) is 0 Å². The first kappa shape index (κ1) is 18.5. The molecule has 1 heterocycles. The van der Waals surface area contributed by atoms with E-state index >= 15 is 0 Å². The van der Waals surface area contributed by atoms with Crippen molar-refractivity contribution in [3.8, 4) is 6.07 Å². The second-order valence-electron chi connectivity index (χ2n) is 6.78. The number of hydrogen-bond acceptors (Lipinski definition) is 4. The number of amides is 1. The number of nitrogens with one attached hydrogen (secondary N) is 1. The number of nitriles is 1. The molecule has 3 rings (SSSR count). The molecule has 0 saturated carbocycles. The van der Waals surface area contributed by atoms with Crippen molar-refractivity contribution in [3.63, 3.8) is 0 Å². The lowest BCUT2D eigenvalue weighted by Crippen LogP contribution is -2.43. The molecule has 0 aliphatic carbocycles. The number of benzene rings is 2. The summed E-state index contributed by atoms with van der Waals surface area (Å²) in [6.45, 7) is 3.51. The number of fused-ring (bicyclic) bond motifs is 1. The molecular formula is C21H21N3O3. The van der Waals surface area contributed by atoms with E-state index in [0.717, 1.165) is 22.5 Å². The van der Waals surface area contributed by atoms with Gasteiger partial charge in [0.1, 0.15) is 0 Å². The summed E-state index contributed by atoms with van der Waals surface area (Å²) >= 11 is 0. The highest BCUT2D eigenvalue weighted by Crippen LogP contribution is 2.39. The van der Waals surface area contributed by atoms with Crippen molar-refractivity contribution in [1.82, 2.24) is 0 Å². The molecule has 2 N–H and O–H groups in total. The van der Waals surface area contributed by atoms with Crippen molar-refractivity contribution in [2.24, 2.45) is 0 Å². The van der Waals surface area contributed by atoms with Gasteiger partial charge in [-0.3, -0.25) is 4.79 Å². The zero-order chi connectivity index (χ0) is 19.6. The quantitative estimate of drug-likeness (QED) is 0.863. The van der Waals surface area contributed by atoms with Crippen LogP contribution in [0.5, 0.6) is 0 Å². The number of nitrogens with zero attached hydrogens (tertiary/aromatic N) is 2. The Kier molecular flexibility index (Phi) is 5.13. The molecule has 0 fully saturated rings. The summed E-state index contributed by atoms with van der Waals surface area (Å²) in [6, 6.07) is 14.5. The first-order valence-electron chi connectivity index (χ1n) is 8.80. The van der Waals surface area contributed by atoms with Gasteiger partial charge >= 0.3 is 5.97 Å². The smallest absolute Gasteiger partial charge is 0.335 e. The normalized spacial score (nSPS) is 18.3. The van der Waals surface area contributed by atoms with Crippen LogP contribution in [-0.4, -0.2) is 23.0 Å². The molecule has 6 heteroatoms. The minimum absolute atomic E-state index is 0.0129. The van der Waals surface area contributed by atoms with Crippen molar-refractivity contribution in [3.05, 3.63) is 59.2 Å². The van der Waals surface area contributed by atoms with Gasteiger partial charge in [0.2, 0.25) is 5.91 Å². The molecule has 27 heavy (non-hydrogen) atoms. The minimum Gasteiger partial charge on any atom is -0.478 e. The number of carbonyl (C=O) groups is 2. The van der Waals surface area contributed by atoms with Gasteiger partial charge in [-0.25, -0.2) is 4.79 Å². The van der Waals surface area contributed by atoms with E-state index in [1.165, 1.54) is 13.0 Å². The van der Waals surface area contributed by atoms with Crippen LogP contribution in [0.3, 0.4) is 0 Å². The van der Waals surface area contributed by atoms with E-state index in [2.05, 4.69) is 11.4 Å². The molecule has 2 aromatic rings. The number of carboxylic acid groups (broad SMARTS) is 1. The van der Waals surface area contributed by atoms with Crippen LogP contribution in [0.1, 0.15) is 47.8 Å². The summed E-state index contributed by atoms with van der Waals surface area (Å²) in [5, 5.41) is 21.6. The van der Waals surface area contributed by atoms with Crippen molar-refractivity contribution < 1.29 is 14.7 Å². The Hall–Kier alpha value is -3.33. The Labute approximate surface area is 158 Å². The SMILES string of the molecule is CC(=O)N1c2ccc(C(=O)O)cc2C(Nc2ccc(CC#N)cc2)CC1C. The molecule has 1 amide bonds. The molecule has 6 nitrogen and oxygen atoms in total. The number of carbonyl (C=O) groups excluding carboxylic acids is 1. The molecule has 0 aromatic heterocycles.